The van der Waals surface area contributed by atoms with Crippen LogP contribution < -0.4 is 10.0 Å². The number of rotatable bonds is 6. The predicted octanol–water partition coefficient (Wildman–Crippen LogP) is 5.62. The Hall–Kier alpha value is -3.56. The molecule has 0 spiro atoms. The summed E-state index contributed by atoms with van der Waals surface area (Å²) in [4.78, 5) is 17.3. The molecule has 4 aromatic rings. The second kappa shape index (κ2) is 9.13. The summed E-state index contributed by atoms with van der Waals surface area (Å²) in [6.07, 6.45) is 0. The van der Waals surface area contributed by atoms with E-state index in [2.05, 4.69) is 21.1 Å². The van der Waals surface area contributed by atoms with Crippen molar-refractivity contribution in [1.82, 2.24) is 4.98 Å². The number of aromatic nitrogens is 1. The van der Waals surface area contributed by atoms with Crippen LogP contribution in [-0.4, -0.2) is 19.3 Å². The van der Waals surface area contributed by atoms with Gasteiger partial charge < -0.3 is 0 Å². The number of hydrogen-bond donors (Lipinski definition) is 2. The normalized spacial score (nSPS) is 11.2. The van der Waals surface area contributed by atoms with Crippen LogP contribution in [0.4, 0.5) is 15.2 Å². The molecular formula is C24H20FN3O3S2. The van der Waals surface area contributed by atoms with Crippen molar-refractivity contribution in [2.45, 2.75) is 18.7 Å². The lowest BCUT2D eigenvalue weighted by atomic mass is 10.0. The van der Waals surface area contributed by atoms with E-state index < -0.39 is 21.7 Å². The summed E-state index contributed by atoms with van der Waals surface area (Å²) < 4.78 is 40.9. The summed E-state index contributed by atoms with van der Waals surface area (Å²) in [5, 5.41) is 4.99. The molecule has 0 atom stereocenters. The number of anilines is 2. The molecule has 0 fully saturated rings. The monoisotopic (exact) mass is 481 g/mol. The Bertz CT molecular complexity index is 1430. The van der Waals surface area contributed by atoms with Gasteiger partial charge in [-0.15, -0.1) is 11.3 Å². The zero-order valence-electron chi connectivity index (χ0n) is 17.8. The van der Waals surface area contributed by atoms with Crippen LogP contribution in [0.15, 0.2) is 77.0 Å². The van der Waals surface area contributed by atoms with Crippen LogP contribution in [0.5, 0.6) is 0 Å². The first-order valence-corrected chi connectivity index (χ1v) is 12.3. The third-order valence-electron chi connectivity index (χ3n) is 4.92. The Morgan fingerprint density at radius 2 is 1.73 bits per heavy atom. The number of benzene rings is 3. The van der Waals surface area contributed by atoms with Crippen LogP contribution in [-0.2, 0) is 10.0 Å². The number of sulfonamides is 1. The van der Waals surface area contributed by atoms with E-state index in [1.807, 2.05) is 31.4 Å². The highest BCUT2D eigenvalue weighted by molar-refractivity contribution is 7.92. The van der Waals surface area contributed by atoms with Crippen molar-refractivity contribution in [3.8, 4) is 11.3 Å². The molecule has 0 bridgehead atoms. The van der Waals surface area contributed by atoms with Gasteiger partial charge in [0.1, 0.15) is 5.82 Å². The van der Waals surface area contributed by atoms with Gasteiger partial charge in [-0.3, -0.25) is 14.8 Å². The molecule has 1 heterocycles. The maximum atomic E-state index is 13.2. The van der Waals surface area contributed by atoms with Gasteiger partial charge in [-0.1, -0.05) is 35.9 Å². The van der Waals surface area contributed by atoms with Crippen molar-refractivity contribution < 1.29 is 17.6 Å². The summed E-state index contributed by atoms with van der Waals surface area (Å²) >= 11 is 1.28. The molecular weight excluding hydrogens is 461 g/mol. The molecule has 0 aliphatic heterocycles. The summed E-state index contributed by atoms with van der Waals surface area (Å²) in [6, 6.07) is 16.7. The second-order valence-corrected chi connectivity index (χ2v) is 9.96. The number of nitrogens with zero attached hydrogens (tertiary/aromatic N) is 1. The minimum absolute atomic E-state index is 0.102. The van der Waals surface area contributed by atoms with Crippen LogP contribution in [0.2, 0.25) is 0 Å². The van der Waals surface area contributed by atoms with Crippen molar-refractivity contribution in [3.63, 3.8) is 0 Å². The maximum Gasteiger partial charge on any atom is 0.261 e. The SMILES string of the molecule is Cc1ccc(-c2csc(NC(=O)c3ccccc3NS(=O)(=O)c3ccc(F)cc3)n2)c(C)c1. The van der Waals surface area contributed by atoms with Gasteiger partial charge in [-0.2, -0.15) is 0 Å². The van der Waals surface area contributed by atoms with Crippen molar-refractivity contribution >= 4 is 38.1 Å². The van der Waals surface area contributed by atoms with Crippen LogP contribution in [0.1, 0.15) is 21.5 Å². The molecule has 2 N–H and O–H groups in total. The van der Waals surface area contributed by atoms with Crippen LogP contribution >= 0.6 is 11.3 Å². The van der Waals surface area contributed by atoms with E-state index in [1.165, 1.54) is 23.5 Å². The number of aryl methyl sites for hydroxylation is 2. The van der Waals surface area contributed by atoms with Gasteiger partial charge in [-0.25, -0.2) is 17.8 Å². The molecule has 33 heavy (non-hydrogen) atoms. The molecule has 0 saturated heterocycles. The van der Waals surface area contributed by atoms with Gasteiger partial charge in [-0.05, 0) is 55.8 Å². The molecule has 0 aliphatic carbocycles. The molecule has 9 heteroatoms. The lowest BCUT2D eigenvalue weighted by molar-refractivity contribution is 0.102. The average Bonchev–Trinajstić information content (AvgIpc) is 3.22. The van der Waals surface area contributed by atoms with Crippen LogP contribution in [0.3, 0.4) is 0 Å². The number of carbonyl (C=O) groups excluding carboxylic acids is 1. The summed E-state index contributed by atoms with van der Waals surface area (Å²) in [5.74, 6) is -1.05. The van der Waals surface area contributed by atoms with Crippen molar-refractivity contribution in [3.05, 3.63) is 94.6 Å². The Morgan fingerprint density at radius 1 is 1.00 bits per heavy atom. The first kappa shape index (κ1) is 22.6. The lowest BCUT2D eigenvalue weighted by Gasteiger charge is -2.12. The third-order valence-corrected chi connectivity index (χ3v) is 7.06. The van der Waals surface area contributed by atoms with Crippen LogP contribution in [0, 0.1) is 19.7 Å². The van der Waals surface area contributed by atoms with E-state index in [1.54, 1.807) is 12.1 Å². The quantitative estimate of drug-likeness (QED) is 0.374. The second-order valence-electron chi connectivity index (χ2n) is 7.42. The fraction of sp³-hybridized carbons (Fsp3) is 0.0833. The first-order chi connectivity index (χ1) is 15.7. The van der Waals surface area contributed by atoms with Gasteiger partial charge in [0.15, 0.2) is 5.13 Å². The lowest BCUT2D eigenvalue weighted by Crippen LogP contribution is -2.18. The summed E-state index contributed by atoms with van der Waals surface area (Å²) in [7, 11) is -4.01. The Balaban J connectivity index is 1.55. The average molecular weight is 482 g/mol. The number of carbonyl (C=O) groups is 1. The van der Waals surface area contributed by atoms with Crippen LogP contribution in [0.25, 0.3) is 11.3 Å². The largest absolute Gasteiger partial charge is 0.298 e. The zero-order chi connectivity index (χ0) is 23.6. The number of para-hydroxylation sites is 1. The fourth-order valence-electron chi connectivity index (χ4n) is 3.31. The number of hydrogen-bond acceptors (Lipinski definition) is 5. The molecule has 0 radical (unpaired) electrons. The van der Waals surface area contributed by atoms with Gasteiger partial charge in [0.05, 0.1) is 21.8 Å². The Morgan fingerprint density at radius 3 is 2.45 bits per heavy atom. The van der Waals surface area contributed by atoms with E-state index in [4.69, 9.17) is 0 Å². The summed E-state index contributed by atoms with van der Waals surface area (Å²) in [5.41, 5.74) is 4.19. The molecule has 6 nitrogen and oxygen atoms in total. The number of nitrogens with one attached hydrogen (secondary N) is 2. The number of halogens is 1. The smallest absolute Gasteiger partial charge is 0.261 e. The third kappa shape index (κ3) is 5.10. The number of amides is 1. The van der Waals surface area contributed by atoms with Gasteiger partial charge >= 0.3 is 0 Å². The van der Waals surface area contributed by atoms with E-state index in [0.717, 1.165) is 46.6 Å². The van der Waals surface area contributed by atoms with Crippen molar-refractivity contribution in [1.29, 1.82) is 0 Å². The van der Waals surface area contributed by atoms with E-state index >= 15 is 0 Å². The molecule has 0 saturated carbocycles. The van der Waals surface area contributed by atoms with Gasteiger partial charge in [0, 0.05) is 10.9 Å². The molecule has 4 rings (SSSR count). The highest BCUT2D eigenvalue weighted by atomic mass is 32.2. The summed E-state index contributed by atoms with van der Waals surface area (Å²) in [6.45, 7) is 4.02. The molecule has 168 valence electrons. The molecule has 0 aliphatic rings. The minimum Gasteiger partial charge on any atom is -0.298 e. The van der Waals surface area contributed by atoms with E-state index in [0.29, 0.717) is 5.13 Å². The maximum absolute atomic E-state index is 13.2. The molecule has 0 unspecified atom stereocenters. The van der Waals surface area contributed by atoms with Crippen molar-refractivity contribution in [2.75, 3.05) is 10.0 Å². The minimum atomic E-state index is -4.01. The van der Waals surface area contributed by atoms with Crippen molar-refractivity contribution in [2.24, 2.45) is 0 Å². The molecule has 1 amide bonds. The molecule has 1 aromatic heterocycles. The van der Waals surface area contributed by atoms with E-state index in [-0.39, 0.29) is 16.1 Å². The fourth-order valence-corrected chi connectivity index (χ4v) is 5.09. The Kier molecular flexibility index (Phi) is 6.26. The zero-order valence-corrected chi connectivity index (χ0v) is 19.4. The first-order valence-electron chi connectivity index (χ1n) is 9.95. The topological polar surface area (TPSA) is 88.2 Å². The van der Waals surface area contributed by atoms with E-state index in [9.17, 15) is 17.6 Å². The van der Waals surface area contributed by atoms with Gasteiger partial charge in [0.25, 0.3) is 15.9 Å². The molecule has 3 aromatic carbocycles. The highest BCUT2D eigenvalue weighted by Crippen LogP contribution is 2.29. The number of thiazole rings is 1. The predicted molar refractivity (Wildman–Crippen MR) is 129 cm³/mol. The van der Waals surface area contributed by atoms with Gasteiger partial charge in [0.2, 0.25) is 0 Å². The highest BCUT2D eigenvalue weighted by Gasteiger charge is 2.19. The Labute approximate surface area is 195 Å². The standard InChI is InChI=1S/C24H20FN3O3S2/c1-15-7-12-19(16(2)13-15)22-14-32-24(26-22)27-23(29)20-5-3-4-6-21(20)28-33(30,31)18-10-8-17(25)9-11-18/h3-14,28H,1-2H3,(H,26,27,29).